The fourth-order valence-electron chi connectivity index (χ4n) is 1.61. The molecule has 1 aliphatic rings. The monoisotopic (exact) mass is 192 g/mol. The lowest BCUT2D eigenvalue weighted by Crippen LogP contribution is -2.43. The molecule has 1 unspecified atom stereocenters. The molecule has 0 amide bonds. The topological polar surface area (TPSA) is 62.2 Å². The van der Waals surface area contributed by atoms with Gasteiger partial charge in [0.05, 0.1) is 5.92 Å². The smallest absolute Gasteiger partial charge is 0.308 e. The molecular weight excluding hydrogens is 180 g/mol. The van der Waals surface area contributed by atoms with E-state index in [1.165, 1.54) is 0 Å². The molecule has 2 atom stereocenters. The standard InChI is InChI=1S/C10H12N2O2/c13-10(14)7-4-5-8(7)12-9-3-1-2-6-11-9/h1-3,6-8H,4-5H2,(H,11,12)(H,13,14)/t7?,8-/m1/s1. The molecule has 14 heavy (non-hydrogen) atoms. The molecule has 2 rings (SSSR count). The first kappa shape index (κ1) is 8.99. The first-order valence-corrected chi connectivity index (χ1v) is 4.68. The number of pyridine rings is 1. The number of rotatable bonds is 3. The van der Waals surface area contributed by atoms with E-state index >= 15 is 0 Å². The maximum Gasteiger partial charge on any atom is 0.308 e. The molecule has 1 saturated carbocycles. The van der Waals surface area contributed by atoms with Gasteiger partial charge in [0.1, 0.15) is 5.82 Å². The molecule has 1 aliphatic carbocycles. The van der Waals surface area contributed by atoms with Crippen molar-refractivity contribution in [2.24, 2.45) is 5.92 Å². The maximum atomic E-state index is 10.7. The summed E-state index contributed by atoms with van der Waals surface area (Å²) in [7, 11) is 0. The minimum absolute atomic E-state index is 0.0439. The van der Waals surface area contributed by atoms with E-state index < -0.39 is 5.97 Å². The van der Waals surface area contributed by atoms with Crippen molar-refractivity contribution in [3.05, 3.63) is 24.4 Å². The first-order valence-electron chi connectivity index (χ1n) is 4.68. The lowest BCUT2D eigenvalue weighted by molar-refractivity contribution is -0.144. The number of nitrogens with zero attached hydrogens (tertiary/aromatic N) is 1. The van der Waals surface area contributed by atoms with Crippen LogP contribution in [0.3, 0.4) is 0 Å². The third-order valence-corrected chi connectivity index (χ3v) is 2.59. The highest BCUT2D eigenvalue weighted by Crippen LogP contribution is 2.29. The molecule has 1 aromatic rings. The van der Waals surface area contributed by atoms with Crippen LogP contribution in [0.2, 0.25) is 0 Å². The van der Waals surface area contributed by atoms with Crippen molar-refractivity contribution in [1.82, 2.24) is 4.98 Å². The summed E-state index contributed by atoms with van der Waals surface area (Å²) in [6, 6.07) is 5.60. The molecule has 1 fully saturated rings. The van der Waals surface area contributed by atoms with Crippen LogP contribution < -0.4 is 5.32 Å². The quantitative estimate of drug-likeness (QED) is 0.759. The molecule has 0 saturated heterocycles. The number of nitrogens with one attached hydrogen (secondary N) is 1. The van der Waals surface area contributed by atoms with Crippen LogP contribution >= 0.6 is 0 Å². The van der Waals surface area contributed by atoms with Crippen molar-refractivity contribution in [3.63, 3.8) is 0 Å². The van der Waals surface area contributed by atoms with Crippen LogP contribution in [0.25, 0.3) is 0 Å². The summed E-state index contributed by atoms with van der Waals surface area (Å²) in [5.74, 6) is -0.217. The number of aliphatic carboxylic acids is 1. The van der Waals surface area contributed by atoms with Crippen LogP contribution in [0.4, 0.5) is 5.82 Å². The summed E-state index contributed by atoms with van der Waals surface area (Å²) < 4.78 is 0. The lowest BCUT2D eigenvalue weighted by atomic mass is 9.79. The van der Waals surface area contributed by atoms with Gasteiger partial charge >= 0.3 is 5.97 Å². The van der Waals surface area contributed by atoms with Crippen molar-refractivity contribution < 1.29 is 9.90 Å². The molecule has 4 heteroatoms. The predicted octanol–water partition coefficient (Wildman–Crippen LogP) is 1.36. The van der Waals surface area contributed by atoms with Crippen LogP contribution in [-0.4, -0.2) is 22.1 Å². The molecule has 74 valence electrons. The van der Waals surface area contributed by atoms with Gasteiger partial charge in [0.15, 0.2) is 0 Å². The molecule has 1 heterocycles. The second kappa shape index (κ2) is 3.65. The third-order valence-electron chi connectivity index (χ3n) is 2.59. The summed E-state index contributed by atoms with van der Waals surface area (Å²) in [5.41, 5.74) is 0. The molecule has 4 nitrogen and oxygen atoms in total. The first-order chi connectivity index (χ1) is 6.77. The van der Waals surface area contributed by atoms with Gasteiger partial charge in [-0.1, -0.05) is 6.07 Å². The highest BCUT2D eigenvalue weighted by molar-refractivity contribution is 5.72. The molecule has 0 aromatic carbocycles. The van der Waals surface area contributed by atoms with Gasteiger partial charge in [0.2, 0.25) is 0 Å². The van der Waals surface area contributed by atoms with Gasteiger partial charge in [-0.3, -0.25) is 4.79 Å². The summed E-state index contributed by atoms with van der Waals surface area (Å²) in [6.45, 7) is 0. The Bertz CT molecular complexity index is 326. The molecule has 0 bridgehead atoms. The van der Waals surface area contributed by atoms with Crippen molar-refractivity contribution in [2.75, 3.05) is 5.32 Å². The average molecular weight is 192 g/mol. The molecule has 0 radical (unpaired) electrons. The molecule has 2 N–H and O–H groups in total. The summed E-state index contributed by atoms with van der Waals surface area (Å²) in [5, 5.41) is 11.9. The fraction of sp³-hybridized carbons (Fsp3) is 0.400. The van der Waals surface area contributed by atoms with Gasteiger partial charge in [-0.25, -0.2) is 4.98 Å². The van der Waals surface area contributed by atoms with Gasteiger partial charge in [-0.05, 0) is 25.0 Å². The maximum absolute atomic E-state index is 10.7. The number of carbonyl (C=O) groups is 1. The number of carboxylic acid groups (broad SMARTS) is 1. The van der Waals surface area contributed by atoms with Crippen molar-refractivity contribution >= 4 is 11.8 Å². The van der Waals surface area contributed by atoms with Crippen LogP contribution in [0.5, 0.6) is 0 Å². The molecule has 0 aliphatic heterocycles. The van der Waals surface area contributed by atoms with E-state index in [1.807, 2.05) is 18.2 Å². The van der Waals surface area contributed by atoms with Crippen LogP contribution in [0.15, 0.2) is 24.4 Å². The Balaban J connectivity index is 1.96. The van der Waals surface area contributed by atoms with E-state index in [9.17, 15) is 4.79 Å². The summed E-state index contributed by atoms with van der Waals surface area (Å²) >= 11 is 0. The zero-order chi connectivity index (χ0) is 9.97. The van der Waals surface area contributed by atoms with E-state index in [-0.39, 0.29) is 12.0 Å². The summed E-state index contributed by atoms with van der Waals surface area (Å²) in [6.07, 6.45) is 3.37. The molecule has 0 spiro atoms. The van der Waals surface area contributed by atoms with Crippen molar-refractivity contribution in [1.29, 1.82) is 0 Å². The summed E-state index contributed by atoms with van der Waals surface area (Å²) in [4.78, 5) is 14.8. The fourth-order valence-corrected chi connectivity index (χ4v) is 1.61. The van der Waals surface area contributed by atoms with E-state index in [1.54, 1.807) is 6.20 Å². The van der Waals surface area contributed by atoms with Crippen molar-refractivity contribution in [2.45, 2.75) is 18.9 Å². The van der Waals surface area contributed by atoms with Crippen molar-refractivity contribution in [3.8, 4) is 0 Å². The highest BCUT2D eigenvalue weighted by atomic mass is 16.4. The average Bonchev–Trinajstić information content (AvgIpc) is 2.13. The normalized spacial score (nSPS) is 25.1. The second-order valence-electron chi connectivity index (χ2n) is 3.49. The number of anilines is 1. The van der Waals surface area contributed by atoms with Gasteiger partial charge < -0.3 is 10.4 Å². The minimum Gasteiger partial charge on any atom is -0.481 e. The Labute approximate surface area is 82.0 Å². The van der Waals surface area contributed by atoms with Gasteiger partial charge in [0, 0.05) is 12.2 Å². The highest BCUT2D eigenvalue weighted by Gasteiger charge is 2.36. The third kappa shape index (κ3) is 1.69. The van der Waals surface area contributed by atoms with Crippen LogP contribution in [0.1, 0.15) is 12.8 Å². The Morgan fingerprint density at radius 3 is 2.86 bits per heavy atom. The zero-order valence-electron chi connectivity index (χ0n) is 7.68. The van der Waals surface area contributed by atoms with E-state index in [4.69, 9.17) is 5.11 Å². The molecule has 1 aromatic heterocycles. The Morgan fingerprint density at radius 1 is 1.50 bits per heavy atom. The number of hydrogen-bond donors (Lipinski definition) is 2. The number of hydrogen-bond acceptors (Lipinski definition) is 3. The zero-order valence-corrected chi connectivity index (χ0v) is 7.68. The molecular formula is C10H12N2O2. The largest absolute Gasteiger partial charge is 0.481 e. The Hall–Kier alpha value is -1.58. The van der Waals surface area contributed by atoms with E-state index in [0.717, 1.165) is 18.7 Å². The Morgan fingerprint density at radius 2 is 2.36 bits per heavy atom. The van der Waals surface area contributed by atoms with Crippen LogP contribution in [-0.2, 0) is 4.79 Å². The van der Waals surface area contributed by atoms with Gasteiger partial charge in [-0.2, -0.15) is 0 Å². The number of aromatic nitrogens is 1. The second-order valence-corrected chi connectivity index (χ2v) is 3.49. The number of carboxylic acids is 1. The SMILES string of the molecule is O=C(O)C1CC[C@H]1Nc1ccccn1. The van der Waals surface area contributed by atoms with E-state index in [0.29, 0.717) is 0 Å². The predicted molar refractivity (Wildman–Crippen MR) is 52.0 cm³/mol. The lowest BCUT2D eigenvalue weighted by Gasteiger charge is -2.34. The Kier molecular flexibility index (Phi) is 2.35. The van der Waals surface area contributed by atoms with Gasteiger partial charge in [0.25, 0.3) is 0 Å². The van der Waals surface area contributed by atoms with E-state index in [2.05, 4.69) is 10.3 Å². The van der Waals surface area contributed by atoms with Gasteiger partial charge in [-0.15, -0.1) is 0 Å². The van der Waals surface area contributed by atoms with Crippen LogP contribution in [0, 0.1) is 5.92 Å². The minimum atomic E-state index is -0.718.